The van der Waals surface area contributed by atoms with Gasteiger partial charge in [0.1, 0.15) is 5.57 Å². The average molecular weight is 483 g/mol. The molecule has 0 radical (unpaired) electrons. The summed E-state index contributed by atoms with van der Waals surface area (Å²) in [5.74, 6) is -0.797. The van der Waals surface area contributed by atoms with Gasteiger partial charge >= 0.3 is 11.9 Å². The summed E-state index contributed by atoms with van der Waals surface area (Å²) in [6, 6.07) is 11.6. The first kappa shape index (κ1) is 24.5. The summed E-state index contributed by atoms with van der Waals surface area (Å²) >= 11 is 6.09. The SMILES string of the molecule is COC1CCC2(CC1)OC(=O)C(c1c(C)ccc(-c3ccc(Cl)cc3)c1C)=C2OC(=O)C(C)C. The predicted molar refractivity (Wildman–Crippen MR) is 132 cm³/mol. The van der Waals surface area contributed by atoms with Gasteiger partial charge < -0.3 is 14.2 Å². The van der Waals surface area contributed by atoms with Crippen molar-refractivity contribution in [3.8, 4) is 11.1 Å². The third-order valence-corrected chi connectivity index (χ3v) is 7.21. The molecule has 4 rings (SSSR count). The highest BCUT2D eigenvalue weighted by Crippen LogP contribution is 2.49. The Morgan fingerprint density at radius 2 is 1.74 bits per heavy atom. The monoisotopic (exact) mass is 482 g/mol. The van der Waals surface area contributed by atoms with Crippen LogP contribution in [0.1, 0.15) is 56.2 Å². The maximum absolute atomic E-state index is 13.4. The molecule has 0 N–H and O–H groups in total. The van der Waals surface area contributed by atoms with Gasteiger partial charge in [-0.25, -0.2) is 4.79 Å². The molecule has 180 valence electrons. The molecule has 0 aromatic heterocycles. The molecular weight excluding hydrogens is 452 g/mol. The Hall–Kier alpha value is -2.63. The Morgan fingerprint density at radius 3 is 2.32 bits per heavy atom. The van der Waals surface area contributed by atoms with Crippen LogP contribution in [0.25, 0.3) is 16.7 Å². The molecule has 2 aromatic carbocycles. The standard InChI is InChI=1S/C28H31ClO5/c1-16(2)26(30)33-25-24(27(31)34-28(25)14-12-21(32-5)13-15-28)23-17(3)6-11-22(18(23)4)19-7-9-20(29)10-8-19/h6-11,16,21H,12-15H2,1-5H3. The number of rotatable bonds is 5. The van der Waals surface area contributed by atoms with Crippen molar-refractivity contribution in [2.75, 3.05) is 7.11 Å². The normalized spacial score (nSPS) is 22.4. The molecular formula is C28H31ClO5. The van der Waals surface area contributed by atoms with Crippen molar-refractivity contribution in [1.29, 1.82) is 0 Å². The third kappa shape index (κ3) is 4.39. The Morgan fingerprint density at radius 1 is 1.09 bits per heavy atom. The van der Waals surface area contributed by atoms with Crippen molar-refractivity contribution in [3.05, 3.63) is 63.9 Å². The van der Waals surface area contributed by atoms with Gasteiger partial charge in [-0.05, 0) is 79.5 Å². The van der Waals surface area contributed by atoms with Crippen LogP contribution in [0.5, 0.6) is 0 Å². The lowest BCUT2D eigenvalue weighted by Gasteiger charge is -2.36. The van der Waals surface area contributed by atoms with Crippen molar-refractivity contribution in [1.82, 2.24) is 0 Å². The first-order valence-corrected chi connectivity index (χ1v) is 12.1. The number of hydrogen-bond donors (Lipinski definition) is 0. The summed E-state index contributed by atoms with van der Waals surface area (Å²) in [5, 5.41) is 0.660. The quantitative estimate of drug-likeness (QED) is 0.460. The minimum absolute atomic E-state index is 0.104. The molecule has 6 heteroatoms. The van der Waals surface area contributed by atoms with E-state index in [1.165, 1.54) is 0 Å². The molecule has 2 aliphatic rings. The van der Waals surface area contributed by atoms with Crippen LogP contribution < -0.4 is 0 Å². The first-order valence-electron chi connectivity index (χ1n) is 11.8. The topological polar surface area (TPSA) is 61.8 Å². The lowest BCUT2D eigenvalue weighted by molar-refractivity contribution is -0.159. The van der Waals surface area contributed by atoms with E-state index < -0.39 is 11.6 Å². The molecule has 0 atom stereocenters. The molecule has 0 saturated heterocycles. The molecule has 1 aliphatic carbocycles. The van der Waals surface area contributed by atoms with Crippen molar-refractivity contribution >= 4 is 29.1 Å². The number of methoxy groups -OCH3 is 1. The smallest absolute Gasteiger partial charge is 0.343 e. The molecule has 34 heavy (non-hydrogen) atoms. The van der Waals surface area contributed by atoms with E-state index in [1.807, 2.05) is 50.2 Å². The number of carbonyl (C=O) groups excluding carboxylic acids is 2. The number of benzene rings is 2. The average Bonchev–Trinajstić information content (AvgIpc) is 3.06. The van der Waals surface area contributed by atoms with E-state index >= 15 is 0 Å². The molecule has 1 heterocycles. The highest BCUT2D eigenvalue weighted by atomic mass is 35.5. The van der Waals surface area contributed by atoms with Crippen LogP contribution in [-0.4, -0.2) is 30.8 Å². The van der Waals surface area contributed by atoms with E-state index in [1.54, 1.807) is 21.0 Å². The molecule has 0 amide bonds. The van der Waals surface area contributed by atoms with E-state index in [2.05, 4.69) is 0 Å². The van der Waals surface area contributed by atoms with Crippen molar-refractivity contribution in [3.63, 3.8) is 0 Å². The Labute approximate surface area is 206 Å². The van der Waals surface area contributed by atoms with Crippen LogP contribution in [0.2, 0.25) is 5.02 Å². The van der Waals surface area contributed by atoms with E-state index in [4.69, 9.17) is 25.8 Å². The number of hydrogen-bond acceptors (Lipinski definition) is 5. The summed E-state index contributed by atoms with van der Waals surface area (Å²) in [5.41, 5.74) is 3.99. The van der Waals surface area contributed by atoms with Crippen molar-refractivity contribution < 1.29 is 23.8 Å². The van der Waals surface area contributed by atoms with E-state index in [-0.39, 0.29) is 18.0 Å². The Balaban J connectivity index is 1.89. The van der Waals surface area contributed by atoms with Crippen LogP contribution in [0.3, 0.4) is 0 Å². The van der Waals surface area contributed by atoms with Crippen LogP contribution >= 0.6 is 11.6 Å². The van der Waals surface area contributed by atoms with Gasteiger partial charge in [0.25, 0.3) is 0 Å². The van der Waals surface area contributed by atoms with E-state index in [9.17, 15) is 9.59 Å². The lowest BCUT2D eigenvalue weighted by atomic mass is 9.80. The number of ether oxygens (including phenoxy) is 3. The molecule has 1 fully saturated rings. The number of carbonyl (C=O) groups is 2. The highest BCUT2D eigenvalue weighted by molar-refractivity contribution is 6.30. The van der Waals surface area contributed by atoms with Gasteiger partial charge in [-0.15, -0.1) is 0 Å². The minimum atomic E-state index is -0.943. The molecule has 0 bridgehead atoms. The molecule has 5 nitrogen and oxygen atoms in total. The van der Waals surface area contributed by atoms with Gasteiger partial charge in [-0.3, -0.25) is 4.79 Å². The fourth-order valence-corrected chi connectivity index (χ4v) is 5.10. The van der Waals surface area contributed by atoms with Gasteiger partial charge in [-0.1, -0.05) is 49.7 Å². The van der Waals surface area contributed by atoms with Gasteiger partial charge in [0, 0.05) is 12.1 Å². The zero-order valence-electron chi connectivity index (χ0n) is 20.4. The van der Waals surface area contributed by atoms with Crippen LogP contribution in [0.4, 0.5) is 0 Å². The second-order valence-electron chi connectivity index (χ2n) is 9.54. The predicted octanol–water partition coefficient (Wildman–Crippen LogP) is 6.42. The van der Waals surface area contributed by atoms with E-state index in [0.717, 1.165) is 40.7 Å². The number of aryl methyl sites for hydroxylation is 1. The van der Waals surface area contributed by atoms with Crippen molar-refractivity contribution in [2.45, 2.75) is 65.1 Å². The lowest BCUT2D eigenvalue weighted by Crippen LogP contribution is -2.40. The van der Waals surface area contributed by atoms with Gasteiger partial charge in [-0.2, -0.15) is 0 Å². The summed E-state index contributed by atoms with van der Waals surface area (Å²) in [6.07, 6.45) is 2.66. The fraction of sp³-hybridized carbons (Fsp3) is 0.429. The minimum Gasteiger partial charge on any atom is -0.447 e. The van der Waals surface area contributed by atoms with Crippen LogP contribution in [0, 0.1) is 19.8 Å². The fourth-order valence-electron chi connectivity index (χ4n) is 4.97. The Bertz CT molecular complexity index is 1140. The summed E-state index contributed by atoms with van der Waals surface area (Å²) in [7, 11) is 1.69. The zero-order chi connectivity index (χ0) is 24.6. The van der Waals surface area contributed by atoms with Gasteiger partial charge in [0.05, 0.1) is 12.0 Å². The van der Waals surface area contributed by atoms with Crippen LogP contribution in [-0.2, 0) is 23.8 Å². The summed E-state index contributed by atoms with van der Waals surface area (Å²) in [6.45, 7) is 7.52. The second-order valence-corrected chi connectivity index (χ2v) is 9.97. The van der Waals surface area contributed by atoms with Gasteiger partial charge in [0.15, 0.2) is 11.4 Å². The Kier molecular flexibility index (Phi) is 6.88. The summed E-state index contributed by atoms with van der Waals surface area (Å²) < 4.78 is 17.6. The molecule has 1 spiro atoms. The first-order chi connectivity index (χ1) is 16.2. The summed E-state index contributed by atoms with van der Waals surface area (Å²) in [4.78, 5) is 26.2. The second kappa shape index (κ2) is 9.55. The van der Waals surface area contributed by atoms with Gasteiger partial charge in [0.2, 0.25) is 0 Å². The van der Waals surface area contributed by atoms with Crippen molar-refractivity contribution in [2.24, 2.45) is 5.92 Å². The zero-order valence-corrected chi connectivity index (χ0v) is 21.1. The largest absolute Gasteiger partial charge is 0.447 e. The molecule has 1 saturated carbocycles. The molecule has 1 aliphatic heterocycles. The maximum atomic E-state index is 13.4. The third-order valence-electron chi connectivity index (χ3n) is 6.96. The van der Waals surface area contributed by atoms with Crippen LogP contribution in [0.15, 0.2) is 42.2 Å². The molecule has 0 unspecified atom stereocenters. The molecule has 2 aromatic rings. The maximum Gasteiger partial charge on any atom is 0.343 e. The number of halogens is 1. The number of esters is 2. The highest BCUT2D eigenvalue weighted by Gasteiger charge is 2.53. The van der Waals surface area contributed by atoms with E-state index in [0.29, 0.717) is 29.2 Å².